The molecule has 0 aliphatic rings. The van der Waals surface area contributed by atoms with Crippen LogP contribution in [0.25, 0.3) is 0 Å². The highest BCUT2D eigenvalue weighted by molar-refractivity contribution is 14.1. The van der Waals surface area contributed by atoms with E-state index in [2.05, 4.69) is 62.1 Å². The first-order valence-corrected chi connectivity index (χ1v) is 4.04. The molecule has 0 aliphatic heterocycles. The maximum absolute atomic E-state index is 5.75. The maximum atomic E-state index is 5.75. The van der Waals surface area contributed by atoms with E-state index >= 15 is 0 Å². The van der Waals surface area contributed by atoms with Crippen LogP contribution < -0.4 is 0 Å². The summed E-state index contributed by atoms with van der Waals surface area (Å²) >= 11 is 2.15. The molecular formula is C8H19I. The fourth-order valence-corrected chi connectivity index (χ4v) is 0. The number of rotatable bonds is 0. The summed E-state index contributed by atoms with van der Waals surface area (Å²) in [5.41, 5.74) is 0. The van der Waals surface area contributed by atoms with Crippen LogP contribution in [-0.4, -0.2) is 4.93 Å². The van der Waals surface area contributed by atoms with Crippen LogP contribution in [0.3, 0.4) is 0 Å². The maximum Gasteiger partial charge on any atom is 0.0194 e. The largest absolute Gasteiger partial charge is 0.106 e. The molecule has 0 saturated heterocycles. The SMILES string of the molecule is C=C.C=C.C=C.CI.[3H]C. The summed E-state index contributed by atoms with van der Waals surface area (Å²) in [7, 11) is 1.25. The Balaban J connectivity index is -0.0000000104. The van der Waals surface area contributed by atoms with Crippen LogP contribution in [0.15, 0.2) is 39.5 Å². The van der Waals surface area contributed by atoms with E-state index in [4.69, 9.17) is 1.37 Å². The molecule has 0 aromatic heterocycles. The first-order valence-electron chi connectivity index (χ1n) is 2.88. The van der Waals surface area contributed by atoms with Gasteiger partial charge in [0.05, 0.1) is 0 Å². The first kappa shape index (κ1) is 23.1. The number of halogens is 1. The van der Waals surface area contributed by atoms with Crippen molar-refractivity contribution >= 4 is 22.6 Å². The third-order valence-electron chi connectivity index (χ3n) is 0. The van der Waals surface area contributed by atoms with Crippen molar-refractivity contribution in [2.45, 2.75) is 7.40 Å². The van der Waals surface area contributed by atoms with E-state index in [9.17, 15) is 0 Å². The summed E-state index contributed by atoms with van der Waals surface area (Å²) in [6.45, 7) is 18.0. The molecule has 0 fully saturated rings. The minimum absolute atomic E-state index is 1.25. The molecule has 0 rings (SSSR count). The normalized spacial score (nSPS) is 2.78. The summed E-state index contributed by atoms with van der Waals surface area (Å²) in [6.07, 6.45) is 0. The lowest BCUT2D eigenvalue weighted by molar-refractivity contribution is 2.50. The zero-order valence-corrected chi connectivity index (χ0v) is 8.78. The van der Waals surface area contributed by atoms with Gasteiger partial charge in [-0.05, 0) is 4.93 Å². The molecule has 0 spiro atoms. The Kier molecular flexibility index (Phi) is 394000. The Morgan fingerprint density at radius 1 is 0.889 bits per heavy atom. The molecule has 0 unspecified atom stereocenters. The lowest BCUT2D eigenvalue weighted by atomic mass is 11.3. The standard InChI is InChI=1S/3C2H4.CH3I.CH4/c4*1-2;/h3*1-2H2;1H3;1H4/i;;;;1T. The number of alkyl halides is 1. The van der Waals surface area contributed by atoms with Crippen LogP contribution in [0, 0.1) is 0 Å². The number of hydrogen-bond donors (Lipinski definition) is 0. The molecular weight excluding hydrogens is 223 g/mol. The quantitative estimate of drug-likeness (QED) is 0.342. The minimum Gasteiger partial charge on any atom is -0.106 e. The molecule has 0 saturated carbocycles. The molecule has 0 heterocycles. The predicted octanol–water partition coefficient (Wildman–Crippen LogP) is 4.09. The summed E-state index contributed by atoms with van der Waals surface area (Å²) in [5, 5.41) is 0. The molecule has 0 nitrogen and oxygen atoms in total. The lowest BCUT2D eigenvalue weighted by Gasteiger charge is -1.05. The molecule has 0 amide bonds. The Labute approximate surface area is 75.9 Å². The van der Waals surface area contributed by atoms with Crippen LogP contribution >= 0.6 is 22.6 Å². The zero-order chi connectivity index (χ0) is 10.0. The zero-order valence-electron chi connectivity index (χ0n) is 7.62. The Morgan fingerprint density at radius 2 is 0.889 bits per heavy atom. The molecule has 0 N–H and O–H groups in total. The van der Waals surface area contributed by atoms with E-state index in [0.29, 0.717) is 0 Å². The van der Waals surface area contributed by atoms with Crippen molar-refractivity contribution in [3.63, 3.8) is 0 Å². The van der Waals surface area contributed by atoms with E-state index < -0.39 is 0 Å². The van der Waals surface area contributed by atoms with Crippen molar-refractivity contribution < 1.29 is 1.37 Å². The van der Waals surface area contributed by atoms with Gasteiger partial charge >= 0.3 is 0 Å². The van der Waals surface area contributed by atoms with Gasteiger partial charge in [-0.3, -0.25) is 0 Å². The van der Waals surface area contributed by atoms with Crippen molar-refractivity contribution in [3.05, 3.63) is 39.5 Å². The molecule has 0 aromatic rings. The van der Waals surface area contributed by atoms with E-state index in [1.807, 2.05) is 4.93 Å². The summed E-state index contributed by atoms with van der Waals surface area (Å²) in [6, 6.07) is 0. The van der Waals surface area contributed by atoms with Crippen molar-refractivity contribution in [1.29, 1.82) is 0 Å². The van der Waals surface area contributed by atoms with Crippen LogP contribution in [0.2, 0.25) is 0 Å². The van der Waals surface area contributed by atoms with E-state index in [0.717, 1.165) is 0 Å². The Bertz CT molecular complexity index is 14.0. The third kappa shape index (κ3) is 113000. The van der Waals surface area contributed by atoms with Crippen LogP contribution in [0.4, 0.5) is 0 Å². The molecule has 0 aliphatic carbocycles. The molecule has 58 valence electrons. The van der Waals surface area contributed by atoms with Gasteiger partial charge in [0.1, 0.15) is 0 Å². The summed E-state index contributed by atoms with van der Waals surface area (Å²) in [5.74, 6) is 0. The highest BCUT2D eigenvalue weighted by atomic mass is 127. The van der Waals surface area contributed by atoms with Crippen molar-refractivity contribution in [3.8, 4) is 0 Å². The second-order valence-corrected chi connectivity index (χ2v) is 0. The van der Waals surface area contributed by atoms with Crippen molar-refractivity contribution in [2.75, 3.05) is 4.93 Å². The first-order chi connectivity index (χ1) is 5.00. The van der Waals surface area contributed by atoms with Crippen LogP contribution in [0.1, 0.15) is 8.77 Å². The highest BCUT2D eigenvalue weighted by Crippen LogP contribution is 1.48. The Hall–Kier alpha value is -0.0500. The predicted molar refractivity (Wildman–Crippen MR) is 60.4 cm³/mol. The van der Waals surface area contributed by atoms with Gasteiger partial charge in [-0.25, -0.2) is 0 Å². The van der Waals surface area contributed by atoms with E-state index in [-0.39, 0.29) is 0 Å². The van der Waals surface area contributed by atoms with Gasteiger partial charge in [-0.2, -0.15) is 0 Å². The molecule has 0 bridgehead atoms. The van der Waals surface area contributed by atoms with Crippen LogP contribution in [-0.2, 0) is 0 Å². The van der Waals surface area contributed by atoms with Crippen molar-refractivity contribution in [1.82, 2.24) is 0 Å². The molecule has 0 aromatic carbocycles. The second-order valence-electron chi connectivity index (χ2n) is 0. The smallest absolute Gasteiger partial charge is 0.0194 e. The monoisotopic (exact) mass is 244 g/mol. The third-order valence-corrected chi connectivity index (χ3v) is 0. The van der Waals surface area contributed by atoms with Gasteiger partial charge in [0.25, 0.3) is 0 Å². The lowest BCUT2D eigenvalue weighted by Crippen LogP contribution is -0.798. The van der Waals surface area contributed by atoms with Gasteiger partial charge in [0.2, 0.25) is 0 Å². The van der Waals surface area contributed by atoms with Gasteiger partial charge < -0.3 is 0 Å². The summed E-state index contributed by atoms with van der Waals surface area (Å²) < 4.78 is 5.75. The topological polar surface area (TPSA) is 0 Å². The highest BCUT2D eigenvalue weighted by Gasteiger charge is 0.950. The van der Waals surface area contributed by atoms with E-state index in [1.165, 1.54) is 7.40 Å². The molecule has 0 radical (unpaired) electrons. The average molecular weight is 244 g/mol. The molecule has 9 heavy (non-hydrogen) atoms. The van der Waals surface area contributed by atoms with Gasteiger partial charge in [0.15, 0.2) is 0 Å². The van der Waals surface area contributed by atoms with E-state index in [1.54, 1.807) is 0 Å². The van der Waals surface area contributed by atoms with Gasteiger partial charge in [-0.15, -0.1) is 39.5 Å². The summed E-state index contributed by atoms with van der Waals surface area (Å²) in [4.78, 5) is 1.97. The van der Waals surface area contributed by atoms with Gasteiger partial charge in [0, 0.05) is 1.37 Å². The van der Waals surface area contributed by atoms with Crippen LogP contribution in [0.5, 0.6) is 0 Å². The van der Waals surface area contributed by atoms with Crippen molar-refractivity contribution in [2.24, 2.45) is 0 Å². The number of hydrogen-bond acceptors (Lipinski definition) is 0. The fraction of sp³-hybridized carbons (Fsp3) is 0.250. The Morgan fingerprint density at radius 3 is 0.889 bits per heavy atom. The second kappa shape index (κ2) is 154000. The molecule has 0 atom stereocenters. The molecule has 1 heteroatoms. The van der Waals surface area contributed by atoms with Gasteiger partial charge in [-0.1, -0.05) is 30.0 Å². The fourth-order valence-electron chi connectivity index (χ4n) is 0. The minimum atomic E-state index is 1.25. The average Bonchev–Trinajstić information content (AvgIpc) is 2.20.